The van der Waals surface area contributed by atoms with E-state index in [-0.39, 0.29) is 18.4 Å². The minimum Gasteiger partial charge on any atom is -0.497 e. The van der Waals surface area contributed by atoms with Gasteiger partial charge < -0.3 is 20.3 Å². The van der Waals surface area contributed by atoms with Crippen LogP contribution in [-0.2, 0) is 4.79 Å². The summed E-state index contributed by atoms with van der Waals surface area (Å²) >= 11 is 0. The minimum absolute atomic E-state index is 0.0411. The van der Waals surface area contributed by atoms with Crippen molar-refractivity contribution in [3.63, 3.8) is 0 Å². The van der Waals surface area contributed by atoms with Gasteiger partial charge in [-0.1, -0.05) is 12.1 Å². The van der Waals surface area contributed by atoms with Crippen molar-refractivity contribution in [2.45, 2.75) is 13.8 Å². The smallest absolute Gasteiger partial charge is 0.253 e. The second kappa shape index (κ2) is 9.46. The van der Waals surface area contributed by atoms with Gasteiger partial charge in [-0.3, -0.25) is 9.59 Å². The molecule has 0 unspecified atom stereocenters. The Morgan fingerprint density at radius 1 is 1.00 bits per heavy atom. The number of carbonyl (C=O) groups excluding carboxylic acids is 2. The number of anilines is 2. The van der Waals surface area contributed by atoms with Crippen molar-refractivity contribution >= 4 is 23.2 Å². The maximum Gasteiger partial charge on any atom is 0.253 e. The van der Waals surface area contributed by atoms with E-state index in [1.54, 1.807) is 36.3 Å². The molecule has 2 rings (SSSR count). The highest BCUT2D eigenvalue weighted by molar-refractivity contribution is 5.98. The second-order valence-electron chi connectivity index (χ2n) is 5.69. The van der Waals surface area contributed by atoms with E-state index in [0.29, 0.717) is 24.3 Å². The van der Waals surface area contributed by atoms with Crippen LogP contribution in [0.2, 0.25) is 0 Å². The average Bonchev–Trinajstić information content (AvgIpc) is 2.67. The first-order valence-electron chi connectivity index (χ1n) is 8.64. The number of methoxy groups -OCH3 is 1. The molecular formula is C20H25N3O3. The van der Waals surface area contributed by atoms with Crippen LogP contribution >= 0.6 is 0 Å². The van der Waals surface area contributed by atoms with Gasteiger partial charge in [0.25, 0.3) is 5.91 Å². The number of carbonyl (C=O) groups is 2. The monoisotopic (exact) mass is 355 g/mol. The Bertz CT molecular complexity index is 757. The van der Waals surface area contributed by atoms with Crippen LogP contribution in [0.4, 0.5) is 11.4 Å². The third-order valence-corrected chi connectivity index (χ3v) is 3.97. The zero-order valence-corrected chi connectivity index (χ0v) is 15.4. The molecule has 0 aliphatic rings. The molecule has 0 bridgehead atoms. The van der Waals surface area contributed by atoms with Crippen molar-refractivity contribution in [3.05, 3.63) is 54.1 Å². The zero-order valence-electron chi connectivity index (χ0n) is 15.4. The topological polar surface area (TPSA) is 70.7 Å². The second-order valence-corrected chi connectivity index (χ2v) is 5.69. The summed E-state index contributed by atoms with van der Waals surface area (Å²) in [5, 5.41) is 5.85. The van der Waals surface area contributed by atoms with Crippen LogP contribution in [0.3, 0.4) is 0 Å². The summed E-state index contributed by atoms with van der Waals surface area (Å²) in [5.41, 5.74) is 1.96. The van der Waals surface area contributed by atoms with Crippen LogP contribution < -0.4 is 15.4 Å². The molecule has 2 N–H and O–H groups in total. The number of nitrogens with one attached hydrogen (secondary N) is 2. The lowest BCUT2D eigenvalue weighted by molar-refractivity contribution is -0.114. The lowest BCUT2D eigenvalue weighted by Crippen LogP contribution is -2.30. The molecule has 0 atom stereocenters. The van der Waals surface area contributed by atoms with Crippen LogP contribution in [0, 0.1) is 0 Å². The van der Waals surface area contributed by atoms with Crippen LogP contribution in [0.15, 0.2) is 48.5 Å². The molecule has 0 saturated carbocycles. The summed E-state index contributed by atoms with van der Waals surface area (Å²) in [7, 11) is 1.60. The van der Waals surface area contributed by atoms with Crippen molar-refractivity contribution in [1.29, 1.82) is 0 Å². The van der Waals surface area contributed by atoms with Crippen molar-refractivity contribution in [1.82, 2.24) is 4.90 Å². The first-order valence-corrected chi connectivity index (χ1v) is 8.64. The van der Waals surface area contributed by atoms with Crippen LogP contribution in [0.1, 0.15) is 24.2 Å². The van der Waals surface area contributed by atoms with E-state index < -0.39 is 0 Å². The molecular weight excluding hydrogens is 330 g/mol. The molecule has 0 saturated heterocycles. The fourth-order valence-corrected chi connectivity index (χ4v) is 2.54. The number of benzene rings is 2. The Labute approximate surface area is 154 Å². The molecule has 26 heavy (non-hydrogen) atoms. The molecule has 6 heteroatoms. The molecule has 2 amide bonds. The molecule has 0 aliphatic heterocycles. The van der Waals surface area contributed by atoms with Gasteiger partial charge in [0, 0.05) is 36.1 Å². The van der Waals surface area contributed by atoms with Gasteiger partial charge >= 0.3 is 0 Å². The van der Waals surface area contributed by atoms with Crippen molar-refractivity contribution in [2.24, 2.45) is 0 Å². The molecule has 0 heterocycles. The van der Waals surface area contributed by atoms with E-state index in [4.69, 9.17) is 4.74 Å². The number of ether oxygens (including phenoxy) is 1. The summed E-state index contributed by atoms with van der Waals surface area (Å²) in [6, 6.07) is 14.3. The molecule has 2 aromatic carbocycles. The maximum absolute atomic E-state index is 12.4. The van der Waals surface area contributed by atoms with E-state index in [2.05, 4.69) is 10.6 Å². The van der Waals surface area contributed by atoms with Gasteiger partial charge in [0.1, 0.15) is 5.75 Å². The Kier molecular flexibility index (Phi) is 7.02. The average molecular weight is 355 g/mol. The van der Waals surface area contributed by atoms with Crippen LogP contribution in [0.5, 0.6) is 5.75 Å². The van der Waals surface area contributed by atoms with Gasteiger partial charge in [-0.2, -0.15) is 0 Å². The van der Waals surface area contributed by atoms with Crippen LogP contribution in [-0.4, -0.2) is 43.5 Å². The number of hydrogen-bond donors (Lipinski definition) is 2. The number of hydrogen-bond acceptors (Lipinski definition) is 4. The van der Waals surface area contributed by atoms with Crippen molar-refractivity contribution in [3.8, 4) is 5.75 Å². The molecule has 6 nitrogen and oxygen atoms in total. The molecule has 0 fully saturated rings. The van der Waals surface area contributed by atoms with Crippen LogP contribution in [0.25, 0.3) is 0 Å². The highest BCUT2D eigenvalue weighted by atomic mass is 16.5. The summed E-state index contributed by atoms with van der Waals surface area (Å²) in [6.07, 6.45) is 0. The lowest BCUT2D eigenvalue weighted by Gasteiger charge is -2.19. The first kappa shape index (κ1) is 19.3. The molecule has 0 aliphatic carbocycles. The quantitative estimate of drug-likeness (QED) is 0.763. The summed E-state index contributed by atoms with van der Waals surface area (Å²) in [4.78, 5) is 26.3. The zero-order chi connectivity index (χ0) is 18.9. The predicted molar refractivity (Wildman–Crippen MR) is 104 cm³/mol. The summed E-state index contributed by atoms with van der Waals surface area (Å²) in [6.45, 7) is 5.29. The predicted octanol–water partition coefficient (Wildman–Crippen LogP) is 3.23. The largest absolute Gasteiger partial charge is 0.497 e. The molecule has 0 spiro atoms. The van der Waals surface area contributed by atoms with E-state index in [0.717, 1.165) is 11.4 Å². The van der Waals surface area contributed by atoms with Gasteiger partial charge in [-0.05, 0) is 44.2 Å². The van der Waals surface area contributed by atoms with E-state index in [1.807, 2.05) is 38.1 Å². The Hall–Kier alpha value is -3.02. The third kappa shape index (κ3) is 5.24. The van der Waals surface area contributed by atoms with Crippen molar-refractivity contribution in [2.75, 3.05) is 37.4 Å². The molecule has 0 aromatic heterocycles. The van der Waals surface area contributed by atoms with Gasteiger partial charge in [-0.25, -0.2) is 0 Å². The fraction of sp³-hybridized carbons (Fsp3) is 0.300. The lowest BCUT2D eigenvalue weighted by atomic mass is 10.1. The normalized spacial score (nSPS) is 10.1. The maximum atomic E-state index is 12.4. The number of amides is 2. The summed E-state index contributed by atoms with van der Waals surface area (Å²) < 4.78 is 5.15. The Morgan fingerprint density at radius 2 is 1.69 bits per heavy atom. The standard InChI is InChI=1S/C20H25N3O3/c1-4-23(5-2)20(25)15-8-6-10-17(12-15)22-19(24)14-21-16-9-7-11-18(13-16)26-3/h6-13,21H,4-5,14H2,1-3H3,(H,22,24). The number of nitrogens with zero attached hydrogens (tertiary/aromatic N) is 1. The van der Waals surface area contributed by atoms with E-state index >= 15 is 0 Å². The number of rotatable bonds is 8. The SMILES string of the molecule is CCN(CC)C(=O)c1cccc(NC(=O)CNc2cccc(OC)c2)c1. The Morgan fingerprint density at radius 3 is 2.38 bits per heavy atom. The first-order chi connectivity index (χ1) is 12.6. The highest BCUT2D eigenvalue weighted by Crippen LogP contribution is 2.17. The van der Waals surface area contributed by atoms with Gasteiger partial charge in [0.15, 0.2) is 0 Å². The molecule has 0 radical (unpaired) electrons. The van der Waals surface area contributed by atoms with Gasteiger partial charge in [-0.15, -0.1) is 0 Å². The van der Waals surface area contributed by atoms with Crippen molar-refractivity contribution < 1.29 is 14.3 Å². The van der Waals surface area contributed by atoms with Gasteiger partial charge in [0.2, 0.25) is 5.91 Å². The molecule has 2 aromatic rings. The third-order valence-electron chi connectivity index (χ3n) is 3.97. The van der Waals surface area contributed by atoms with Gasteiger partial charge in [0.05, 0.1) is 13.7 Å². The fourth-order valence-electron chi connectivity index (χ4n) is 2.54. The van der Waals surface area contributed by atoms with E-state index in [9.17, 15) is 9.59 Å². The summed E-state index contributed by atoms with van der Waals surface area (Å²) in [5.74, 6) is 0.485. The van der Waals surface area contributed by atoms with E-state index in [1.165, 1.54) is 0 Å². The minimum atomic E-state index is -0.194. The Balaban J connectivity index is 1.96. The molecule has 138 valence electrons. The highest BCUT2D eigenvalue weighted by Gasteiger charge is 2.13.